The number of rotatable bonds is 3. The zero-order chi connectivity index (χ0) is 14.5. The summed E-state index contributed by atoms with van der Waals surface area (Å²) >= 11 is 0. The number of likely N-dealkylation sites (tertiary alicyclic amines) is 1. The highest BCUT2D eigenvalue weighted by molar-refractivity contribution is 5.95. The molecule has 1 atom stereocenters. The zero-order valence-electron chi connectivity index (χ0n) is 11.8. The van der Waals surface area contributed by atoms with Crippen LogP contribution in [0.2, 0.25) is 0 Å². The van der Waals surface area contributed by atoms with E-state index in [1.54, 1.807) is 18.2 Å². The van der Waals surface area contributed by atoms with Crippen molar-refractivity contribution in [3.05, 3.63) is 41.7 Å². The molecule has 1 saturated heterocycles. The van der Waals surface area contributed by atoms with Gasteiger partial charge in [-0.15, -0.1) is 0 Å². The lowest BCUT2D eigenvalue weighted by molar-refractivity contribution is -0.129. The summed E-state index contributed by atoms with van der Waals surface area (Å²) in [6.07, 6.45) is 4.70. The van der Waals surface area contributed by atoms with Gasteiger partial charge in [0, 0.05) is 25.2 Å². The van der Waals surface area contributed by atoms with Crippen LogP contribution in [0, 0.1) is 5.82 Å². The first-order chi connectivity index (χ1) is 9.61. The molecular weight excluding hydrogens is 255 g/mol. The second-order valence-corrected chi connectivity index (χ2v) is 5.25. The maximum absolute atomic E-state index is 13.2. The third-order valence-electron chi connectivity index (χ3n) is 3.80. The van der Waals surface area contributed by atoms with Crippen LogP contribution in [0.25, 0.3) is 5.57 Å². The largest absolute Gasteiger partial charge is 0.335 e. The van der Waals surface area contributed by atoms with Crippen LogP contribution in [0.1, 0.15) is 31.7 Å². The number of piperidine rings is 1. The van der Waals surface area contributed by atoms with Gasteiger partial charge in [-0.05, 0) is 49.5 Å². The van der Waals surface area contributed by atoms with Crippen LogP contribution in [0.3, 0.4) is 0 Å². The van der Waals surface area contributed by atoms with Gasteiger partial charge >= 0.3 is 0 Å². The van der Waals surface area contributed by atoms with Gasteiger partial charge in [0.2, 0.25) is 5.91 Å². The topological polar surface area (TPSA) is 46.3 Å². The fourth-order valence-electron chi connectivity index (χ4n) is 2.62. The Morgan fingerprint density at radius 1 is 1.50 bits per heavy atom. The fraction of sp³-hybridized carbons (Fsp3) is 0.438. The van der Waals surface area contributed by atoms with E-state index in [4.69, 9.17) is 5.73 Å². The third-order valence-corrected chi connectivity index (χ3v) is 3.80. The number of hydrogen-bond acceptors (Lipinski definition) is 2. The highest BCUT2D eigenvalue weighted by atomic mass is 19.1. The Morgan fingerprint density at radius 2 is 2.30 bits per heavy atom. The van der Waals surface area contributed by atoms with Crippen molar-refractivity contribution in [2.45, 2.75) is 32.2 Å². The lowest BCUT2D eigenvalue weighted by Crippen LogP contribution is -2.46. The van der Waals surface area contributed by atoms with Crippen molar-refractivity contribution in [1.82, 2.24) is 4.90 Å². The fourth-order valence-corrected chi connectivity index (χ4v) is 2.62. The molecular formula is C16H21FN2O. The number of allylic oxidation sites excluding steroid dienone is 1. The number of nitrogens with zero attached hydrogens (tertiary/aromatic N) is 1. The van der Waals surface area contributed by atoms with Crippen molar-refractivity contribution in [3.63, 3.8) is 0 Å². The molecule has 1 fully saturated rings. The van der Waals surface area contributed by atoms with Gasteiger partial charge in [-0.1, -0.05) is 12.1 Å². The van der Waals surface area contributed by atoms with Gasteiger partial charge < -0.3 is 10.6 Å². The molecule has 1 aromatic rings. The molecule has 20 heavy (non-hydrogen) atoms. The molecule has 0 bridgehead atoms. The molecule has 0 aliphatic carbocycles. The SMILES string of the molecule is C/C(=C/C(=O)N1CCCCC1CN)c1cccc(F)c1. The predicted octanol–water partition coefficient (Wildman–Crippen LogP) is 2.57. The molecule has 3 nitrogen and oxygen atoms in total. The number of carbonyl (C=O) groups excluding carboxylic acids is 1. The Kier molecular flexibility index (Phi) is 4.90. The monoisotopic (exact) mass is 276 g/mol. The molecule has 0 spiro atoms. The van der Waals surface area contributed by atoms with E-state index in [2.05, 4.69) is 0 Å². The number of carbonyl (C=O) groups is 1. The molecule has 2 N–H and O–H groups in total. The van der Waals surface area contributed by atoms with E-state index in [1.165, 1.54) is 12.1 Å². The van der Waals surface area contributed by atoms with Gasteiger partial charge in [0.25, 0.3) is 0 Å². The van der Waals surface area contributed by atoms with Crippen LogP contribution in [0.15, 0.2) is 30.3 Å². The Hall–Kier alpha value is -1.68. The van der Waals surface area contributed by atoms with E-state index in [0.717, 1.165) is 36.9 Å². The highest BCUT2D eigenvalue weighted by Gasteiger charge is 2.24. The van der Waals surface area contributed by atoms with Crippen molar-refractivity contribution in [2.75, 3.05) is 13.1 Å². The summed E-state index contributed by atoms with van der Waals surface area (Å²) in [5.74, 6) is -0.317. The van der Waals surface area contributed by atoms with Gasteiger partial charge in [0.05, 0.1) is 0 Å². The minimum Gasteiger partial charge on any atom is -0.335 e. The quantitative estimate of drug-likeness (QED) is 0.862. The Labute approximate surface area is 119 Å². The summed E-state index contributed by atoms with van der Waals surface area (Å²) in [5, 5.41) is 0. The van der Waals surface area contributed by atoms with Crippen LogP contribution < -0.4 is 5.73 Å². The van der Waals surface area contributed by atoms with E-state index >= 15 is 0 Å². The average Bonchev–Trinajstić information content (AvgIpc) is 2.47. The molecule has 1 aliphatic heterocycles. The van der Waals surface area contributed by atoms with Crippen LogP contribution >= 0.6 is 0 Å². The minimum absolute atomic E-state index is 0.0260. The van der Waals surface area contributed by atoms with Gasteiger partial charge in [-0.2, -0.15) is 0 Å². The number of nitrogens with two attached hydrogens (primary N) is 1. The Morgan fingerprint density at radius 3 is 3.00 bits per heavy atom. The van der Waals surface area contributed by atoms with Crippen LogP contribution in [-0.2, 0) is 4.79 Å². The maximum Gasteiger partial charge on any atom is 0.247 e. The summed E-state index contributed by atoms with van der Waals surface area (Å²) in [6, 6.07) is 6.42. The maximum atomic E-state index is 13.2. The number of benzene rings is 1. The molecule has 0 saturated carbocycles. The summed E-state index contributed by atoms with van der Waals surface area (Å²) in [7, 11) is 0. The second kappa shape index (κ2) is 6.66. The molecule has 1 heterocycles. The first kappa shape index (κ1) is 14.7. The van der Waals surface area contributed by atoms with Gasteiger partial charge in [-0.25, -0.2) is 4.39 Å². The number of halogens is 1. The minimum atomic E-state index is -0.291. The molecule has 1 unspecified atom stereocenters. The standard InChI is InChI=1S/C16H21FN2O/c1-12(13-5-4-6-14(17)10-13)9-16(20)19-8-3-2-7-15(19)11-18/h4-6,9-10,15H,2-3,7-8,11,18H2,1H3/b12-9-. The zero-order valence-corrected chi connectivity index (χ0v) is 11.8. The van der Waals surface area contributed by atoms with Crippen molar-refractivity contribution in [1.29, 1.82) is 0 Å². The molecule has 0 radical (unpaired) electrons. The normalized spacial score (nSPS) is 20.1. The molecule has 108 valence electrons. The molecule has 4 heteroatoms. The van der Waals surface area contributed by atoms with E-state index in [-0.39, 0.29) is 17.8 Å². The van der Waals surface area contributed by atoms with E-state index < -0.39 is 0 Å². The third kappa shape index (κ3) is 3.45. The lowest BCUT2D eigenvalue weighted by Gasteiger charge is -2.34. The molecule has 1 aromatic carbocycles. The van der Waals surface area contributed by atoms with Crippen LogP contribution in [0.5, 0.6) is 0 Å². The van der Waals surface area contributed by atoms with Gasteiger partial charge in [-0.3, -0.25) is 4.79 Å². The summed E-state index contributed by atoms with van der Waals surface area (Å²) in [6.45, 7) is 3.08. The number of amides is 1. The van der Waals surface area contributed by atoms with Crippen LogP contribution in [0.4, 0.5) is 4.39 Å². The molecule has 2 rings (SSSR count). The number of hydrogen-bond donors (Lipinski definition) is 1. The summed E-state index contributed by atoms with van der Waals surface area (Å²) < 4.78 is 13.2. The molecule has 1 aliphatic rings. The van der Waals surface area contributed by atoms with Crippen molar-refractivity contribution in [2.24, 2.45) is 5.73 Å². The van der Waals surface area contributed by atoms with Gasteiger partial charge in [0.15, 0.2) is 0 Å². The first-order valence-corrected chi connectivity index (χ1v) is 7.06. The van der Waals surface area contributed by atoms with E-state index in [0.29, 0.717) is 6.54 Å². The first-order valence-electron chi connectivity index (χ1n) is 7.06. The van der Waals surface area contributed by atoms with E-state index in [1.807, 2.05) is 11.8 Å². The van der Waals surface area contributed by atoms with Gasteiger partial charge in [0.1, 0.15) is 5.82 Å². The predicted molar refractivity (Wildman–Crippen MR) is 78.5 cm³/mol. The smallest absolute Gasteiger partial charge is 0.247 e. The van der Waals surface area contributed by atoms with Crippen LogP contribution in [-0.4, -0.2) is 29.9 Å². The summed E-state index contributed by atoms with van der Waals surface area (Å²) in [5.41, 5.74) is 7.24. The van der Waals surface area contributed by atoms with Crippen molar-refractivity contribution >= 4 is 11.5 Å². The second-order valence-electron chi connectivity index (χ2n) is 5.25. The lowest BCUT2D eigenvalue weighted by atomic mass is 10.0. The summed E-state index contributed by atoms with van der Waals surface area (Å²) in [4.78, 5) is 14.2. The van der Waals surface area contributed by atoms with Crippen molar-refractivity contribution in [3.8, 4) is 0 Å². The average molecular weight is 276 g/mol. The Bertz CT molecular complexity index is 513. The molecule has 1 amide bonds. The Balaban J connectivity index is 2.14. The van der Waals surface area contributed by atoms with Crippen molar-refractivity contribution < 1.29 is 9.18 Å². The highest BCUT2D eigenvalue weighted by Crippen LogP contribution is 2.19. The van der Waals surface area contributed by atoms with E-state index in [9.17, 15) is 9.18 Å². The molecule has 0 aromatic heterocycles.